The Morgan fingerprint density at radius 1 is 1.32 bits per heavy atom. The molecule has 0 aliphatic heterocycles. The van der Waals surface area contributed by atoms with Crippen molar-refractivity contribution in [1.82, 2.24) is 15.5 Å². The standard InChI is InChI=1S/C16H21N3/c1-12(9-13-7-8-13)17-10-15-11-18-19-16(15)14-5-3-2-4-6-14/h2-6,11-13,17H,7-10H2,1H3,(H,18,19). The first-order valence-electron chi connectivity index (χ1n) is 7.14. The van der Waals surface area contributed by atoms with Crippen molar-refractivity contribution in [3.05, 3.63) is 42.1 Å². The maximum Gasteiger partial charge on any atom is 0.0695 e. The number of nitrogens with zero attached hydrogens (tertiary/aromatic N) is 1. The van der Waals surface area contributed by atoms with E-state index in [1.807, 2.05) is 12.3 Å². The second kappa shape index (κ2) is 5.57. The van der Waals surface area contributed by atoms with Gasteiger partial charge in [-0.05, 0) is 24.8 Å². The number of rotatable bonds is 6. The second-order valence-electron chi connectivity index (χ2n) is 5.60. The average Bonchev–Trinajstić information content (AvgIpc) is 3.12. The summed E-state index contributed by atoms with van der Waals surface area (Å²) in [6.45, 7) is 3.16. The number of nitrogens with one attached hydrogen (secondary N) is 2. The van der Waals surface area contributed by atoms with Gasteiger partial charge in [-0.25, -0.2) is 0 Å². The van der Waals surface area contributed by atoms with Gasteiger partial charge in [0.25, 0.3) is 0 Å². The zero-order valence-corrected chi connectivity index (χ0v) is 11.4. The molecule has 19 heavy (non-hydrogen) atoms. The number of aromatic amines is 1. The zero-order chi connectivity index (χ0) is 13.1. The SMILES string of the molecule is CC(CC1CC1)NCc1cn[nH]c1-c1ccccc1. The Balaban J connectivity index is 1.63. The highest BCUT2D eigenvalue weighted by molar-refractivity contribution is 5.62. The average molecular weight is 255 g/mol. The molecule has 3 rings (SSSR count). The first-order chi connectivity index (χ1) is 9.33. The minimum atomic E-state index is 0.589. The minimum Gasteiger partial charge on any atom is -0.310 e. The van der Waals surface area contributed by atoms with Crippen LogP contribution in [0.4, 0.5) is 0 Å². The van der Waals surface area contributed by atoms with Crippen molar-refractivity contribution in [3.8, 4) is 11.3 Å². The Morgan fingerprint density at radius 3 is 2.84 bits per heavy atom. The zero-order valence-electron chi connectivity index (χ0n) is 11.4. The quantitative estimate of drug-likeness (QED) is 0.831. The molecule has 0 bridgehead atoms. The van der Waals surface area contributed by atoms with E-state index in [1.165, 1.54) is 30.4 Å². The van der Waals surface area contributed by atoms with Gasteiger partial charge < -0.3 is 5.32 Å². The highest BCUT2D eigenvalue weighted by Crippen LogP contribution is 2.33. The summed E-state index contributed by atoms with van der Waals surface area (Å²) in [6.07, 6.45) is 6.08. The van der Waals surface area contributed by atoms with Crippen LogP contribution in [0.2, 0.25) is 0 Å². The van der Waals surface area contributed by atoms with E-state index in [0.29, 0.717) is 6.04 Å². The highest BCUT2D eigenvalue weighted by atomic mass is 15.1. The fraction of sp³-hybridized carbons (Fsp3) is 0.438. The molecule has 1 aliphatic rings. The van der Waals surface area contributed by atoms with E-state index in [0.717, 1.165) is 18.2 Å². The smallest absolute Gasteiger partial charge is 0.0695 e. The number of hydrogen-bond acceptors (Lipinski definition) is 2. The van der Waals surface area contributed by atoms with Crippen molar-refractivity contribution < 1.29 is 0 Å². The van der Waals surface area contributed by atoms with E-state index in [1.54, 1.807) is 0 Å². The third-order valence-electron chi connectivity index (χ3n) is 3.81. The summed E-state index contributed by atoms with van der Waals surface area (Å²) in [5, 5.41) is 10.9. The van der Waals surface area contributed by atoms with Crippen LogP contribution in [0.25, 0.3) is 11.3 Å². The molecular formula is C16H21N3. The number of hydrogen-bond donors (Lipinski definition) is 2. The molecule has 3 heteroatoms. The molecular weight excluding hydrogens is 234 g/mol. The lowest BCUT2D eigenvalue weighted by Crippen LogP contribution is -2.25. The van der Waals surface area contributed by atoms with Crippen molar-refractivity contribution >= 4 is 0 Å². The molecule has 1 fully saturated rings. The van der Waals surface area contributed by atoms with Crippen LogP contribution >= 0.6 is 0 Å². The molecule has 1 unspecified atom stereocenters. The Morgan fingerprint density at radius 2 is 2.11 bits per heavy atom. The third-order valence-corrected chi connectivity index (χ3v) is 3.81. The highest BCUT2D eigenvalue weighted by Gasteiger charge is 2.23. The number of H-pyrrole nitrogens is 1. The molecule has 0 spiro atoms. The van der Waals surface area contributed by atoms with E-state index in [2.05, 4.69) is 46.7 Å². The van der Waals surface area contributed by atoms with Crippen LogP contribution in [0.1, 0.15) is 31.7 Å². The summed E-state index contributed by atoms with van der Waals surface area (Å²) >= 11 is 0. The molecule has 2 N–H and O–H groups in total. The summed E-state index contributed by atoms with van der Waals surface area (Å²) in [4.78, 5) is 0. The molecule has 1 saturated carbocycles. The lowest BCUT2D eigenvalue weighted by molar-refractivity contribution is 0.488. The van der Waals surface area contributed by atoms with Gasteiger partial charge in [-0.1, -0.05) is 43.2 Å². The minimum absolute atomic E-state index is 0.589. The van der Waals surface area contributed by atoms with Crippen LogP contribution in [0.3, 0.4) is 0 Å². The predicted octanol–water partition coefficient (Wildman–Crippen LogP) is 3.35. The molecule has 3 nitrogen and oxygen atoms in total. The molecule has 100 valence electrons. The van der Waals surface area contributed by atoms with Gasteiger partial charge in [0.2, 0.25) is 0 Å². The predicted molar refractivity (Wildman–Crippen MR) is 77.7 cm³/mol. The van der Waals surface area contributed by atoms with Gasteiger partial charge in [-0.3, -0.25) is 5.10 Å². The van der Waals surface area contributed by atoms with E-state index in [-0.39, 0.29) is 0 Å². The number of aromatic nitrogens is 2. The van der Waals surface area contributed by atoms with Crippen LogP contribution < -0.4 is 5.32 Å². The third kappa shape index (κ3) is 3.24. The van der Waals surface area contributed by atoms with Crippen molar-refractivity contribution in [1.29, 1.82) is 0 Å². The van der Waals surface area contributed by atoms with E-state index in [9.17, 15) is 0 Å². The summed E-state index contributed by atoms with van der Waals surface area (Å²) in [5.41, 5.74) is 3.58. The van der Waals surface area contributed by atoms with Crippen LogP contribution in [-0.2, 0) is 6.54 Å². The fourth-order valence-electron chi connectivity index (χ4n) is 2.52. The fourth-order valence-corrected chi connectivity index (χ4v) is 2.52. The van der Waals surface area contributed by atoms with Crippen LogP contribution in [0.15, 0.2) is 36.5 Å². The summed E-state index contributed by atoms with van der Waals surface area (Å²) in [7, 11) is 0. The van der Waals surface area contributed by atoms with Crippen molar-refractivity contribution in [2.45, 2.75) is 38.8 Å². The van der Waals surface area contributed by atoms with Crippen molar-refractivity contribution in [3.63, 3.8) is 0 Å². The van der Waals surface area contributed by atoms with Crippen LogP contribution in [-0.4, -0.2) is 16.2 Å². The van der Waals surface area contributed by atoms with Gasteiger partial charge in [0.05, 0.1) is 11.9 Å². The molecule has 0 radical (unpaired) electrons. The van der Waals surface area contributed by atoms with Crippen molar-refractivity contribution in [2.24, 2.45) is 5.92 Å². The molecule has 0 amide bonds. The molecule has 1 aromatic heterocycles. The molecule has 1 atom stereocenters. The van der Waals surface area contributed by atoms with E-state index >= 15 is 0 Å². The maximum absolute atomic E-state index is 4.18. The molecule has 1 heterocycles. The van der Waals surface area contributed by atoms with E-state index < -0.39 is 0 Å². The van der Waals surface area contributed by atoms with Gasteiger partial charge in [0.1, 0.15) is 0 Å². The molecule has 1 aromatic carbocycles. The first kappa shape index (κ1) is 12.4. The van der Waals surface area contributed by atoms with Gasteiger partial charge in [0, 0.05) is 18.2 Å². The lowest BCUT2D eigenvalue weighted by Gasteiger charge is -2.13. The Labute approximate surface area is 114 Å². The normalized spacial score (nSPS) is 16.5. The topological polar surface area (TPSA) is 40.7 Å². The lowest BCUT2D eigenvalue weighted by atomic mass is 10.1. The van der Waals surface area contributed by atoms with Crippen LogP contribution in [0.5, 0.6) is 0 Å². The van der Waals surface area contributed by atoms with Crippen molar-refractivity contribution in [2.75, 3.05) is 0 Å². The summed E-state index contributed by atoms with van der Waals surface area (Å²) in [6, 6.07) is 11.0. The van der Waals surface area contributed by atoms with Gasteiger partial charge in [-0.2, -0.15) is 5.10 Å². The van der Waals surface area contributed by atoms with Gasteiger partial charge in [-0.15, -0.1) is 0 Å². The largest absolute Gasteiger partial charge is 0.310 e. The van der Waals surface area contributed by atoms with E-state index in [4.69, 9.17) is 0 Å². The van der Waals surface area contributed by atoms with Crippen LogP contribution in [0, 0.1) is 5.92 Å². The summed E-state index contributed by atoms with van der Waals surface area (Å²) < 4.78 is 0. The maximum atomic E-state index is 4.18. The Hall–Kier alpha value is -1.61. The monoisotopic (exact) mass is 255 g/mol. The second-order valence-corrected chi connectivity index (χ2v) is 5.60. The first-order valence-corrected chi connectivity index (χ1v) is 7.14. The molecule has 1 aliphatic carbocycles. The molecule has 2 aromatic rings. The Bertz CT molecular complexity index is 514. The van der Waals surface area contributed by atoms with Gasteiger partial charge >= 0.3 is 0 Å². The summed E-state index contributed by atoms with van der Waals surface area (Å²) in [5.74, 6) is 0.973. The Kier molecular flexibility index (Phi) is 3.65. The molecule has 0 saturated heterocycles. The number of benzene rings is 1. The van der Waals surface area contributed by atoms with Gasteiger partial charge in [0.15, 0.2) is 0 Å².